The van der Waals surface area contributed by atoms with Gasteiger partial charge < -0.3 is 18.9 Å². The van der Waals surface area contributed by atoms with Gasteiger partial charge >= 0.3 is 11.9 Å². The van der Waals surface area contributed by atoms with Crippen LogP contribution in [0.2, 0.25) is 0 Å². The van der Waals surface area contributed by atoms with Gasteiger partial charge in [0.05, 0.1) is 35.7 Å². The van der Waals surface area contributed by atoms with Crippen LogP contribution in [0.25, 0.3) is 0 Å². The molecule has 0 spiro atoms. The summed E-state index contributed by atoms with van der Waals surface area (Å²) in [5.41, 5.74) is 4.22. The molecule has 0 N–H and O–H groups in total. The fourth-order valence-corrected chi connectivity index (χ4v) is 5.66. The lowest BCUT2D eigenvalue weighted by Crippen LogP contribution is -2.08. The van der Waals surface area contributed by atoms with Gasteiger partial charge in [-0.15, -0.1) is 0 Å². The number of nitrogens with zero attached hydrogens (tertiary/aromatic N) is 2. The van der Waals surface area contributed by atoms with E-state index in [1.165, 1.54) is 51.4 Å². The SMILES string of the molecule is CCCCCCCOc1ccc(C(=O)Oc2ccc(N=Cc3ccc(C=Nc4ccc(OC(=O)c5ccc(OCCCCCCC)cc5)cc4)cc3)cc2)cc1. The van der Waals surface area contributed by atoms with Gasteiger partial charge in [-0.2, -0.15) is 0 Å². The van der Waals surface area contributed by atoms with E-state index >= 15 is 0 Å². The van der Waals surface area contributed by atoms with Crippen molar-refractivity contribution in [2.45, 2.75) is 78.1 Å². The Hall–Kier alpha value is -6.02. The number of hydrogen-bond donors (Lipinski definition) is 0. The van der Waals surface area contributed by atoms with Crippen LogP contribution in [0, 0.1) is 0 Å². The van der Waals surface area contributed by atoms with Crippen molar-refractivity contribution >= 4 is 35.7 Å². The minimum Gasteiger partial charge on any atom is -0.494 e. The van der Waals surface area contributed by atoms with Gasteiger partial charge in [-0.05, 0) is 121 Å². The van der Waals surface area contributed by atoms with Crippen molar-refractivity contribution < 1.29 is 28.5 Å². The highest BCUT2D eigenvalue weighted by Gasteiger charge is 2.10. The molecule has 0 radical (unpaired) electrons. The van der Waals surface area contributed by atoms with E-state index in [9.17, 15) is 9.59 Å². The van der Waals surface area contributed by atoms with Gasteiger partial charge in [0.2, 0.25) is 0 Å². The van der Waals surface area contributed by atoms with Crippen molar-refractivity contribution in [2.75, 3.05) is 13.2 Å². The van der Waals surface area contributed by atoms with E-state index in [0.717, 1.165) is 46.8 Å². The highest BCUT2D eigenvalue weighted by molar-refractivity contribution is 5.92. The fourth-order valence-electron chi connectivity index (χ4n) is 5.66. The van der Waals surface area contributed by atoms with E-state index in [4.69, 9.17) is 18.9 Å². The Morgan fingerprint density at radius 2 is 0.768 bits per heavy atom. The van der Waals surface area contributed by atoms with Gasteiger partial charge in [-0.25, -0.2) is 9.59 Å². The first-order valence-electron chi connectivity index (χ1n) is 19.8. The molecule has 5 rings (SSSR count). The summed E-state index contributed by atoms with van der Waals surface area (Å²) >= 11 is 0. The van der Waals surface area contributed by atoms with Gasteiger partial charge in [-0.1, -0.05) is 89.5 Å². The minimum absolute atomic E-state index is 0.430. The quantitative estimate of drug-likeness (QED) is 0.0302. The summed E-state index contributed by atoms with van der Waals surface area (Å²) in [6, 6.07) is 36.0. The highest BCUT2D eigenvalue weighted by Crippen LogP contribution is 2.22. The number of benzene rings is 5. The average Bonchev–Trinajstić information content (AvgIpc) is 3.23. The molecular weight excluding hydrogens is 701 g/mol. The second-order valence-electron chi connectivity index (χ2n) is 13.5. The lowest BCUT2D eigenvalue weighted by Gasteiger charge is -2.08. The highest BCUT2D eigenvalue weighted by atomic mass is 16.5. The van der Waals surface area contributed by atoms with Gasteiger partial charge in [0.1, 0.15) is 23.0 Å². The van der Waals surface area contributed by atoms with E-state index in [-0.39, 0.29) is 0 Å². The molecule has 0 saturated carbocycles. The second-order valence-corrected chi connectivity index (χ2v) is 13.5. The number of aliphatic imine (C=N–C) groups is 2. The third-order valence-electron chi connectivity index (χ3n) is 8.97. The molecule has 8 heteroatoms. The van der Waals surface area contributed by atoms with Crippen LogP contribution in [-0.4, -0.2) is 37.6 Å². The predicted molar refractivity (Wildman–Crippen MR) is 225 cm³/mol. The van der Waals surface area contributed by atoms with Crippen LogP contribution in [0.4, 0.5) is 11.4 Å². The Morgan fingerprint density at radius 1 is 0.429 bits per heavy atom. The summed E-state index contributed by atoms with van der Waals surface area (Å²) < 4.78 is 22.7. The number of ether oxygens (including phenoxy) is 4. The molecule has 0 aliphatic rings. The van der Waals surface area contributed by atoms with Crippen molar-refractivity contribution in [1.82, 2.24) is 0 Å². The number of carbonyl (C=O) groups excluding carboxylic acids is 2. The van der Waals surface area contributed by atoms with Crippen LogP contribution < -0.4 is 18.9 Å². The zero-order valence-electron chi connectivity index (χ0n) is 32.5. The fraction of sp³-hybridized carbons (Fsp3) is 0.292. The Bertz CT molecular complexity index is 1820. The van der Waals surface area contributed by atoms with E-state index in [1.807, 2.05) is 24.3 Å². The predicted octanol–water partition coefficient (Wildman–Crippen LogP) is 12.3. The topological polar surface area (TPSA) is 95.8 Å². The number of rotatable bonds is 22. The third kappa shape index (κ3) is 14.3. The van der Waals surface area contributed by atoms with Crippen molar-refractivity contribution in [1.29, 1.82) is 0 Å². The van der Waals surface area contributed by atoms with Gasteiger partial charge in [0, 0.05) is 12.4 Å². The van der Waals surface area contributed by atoms with E-state index in [0.29, 0.717) is 35.8 Å². The van der Waals surface area contributed by atoms with E-state index in [1.54, 1.807) is 109 Å². The van der Waals surface area contributed by atoms with Crippen LogP contribution in [0.1, 0.15) is 110 Å². The zero-order valence-corrected chi connectivity index (χ0v) is 32.5. The maximum absolute atomic E-state index is 12.7. The van der Waals surface area contributed by atoms with Crippen molar-refractivity contribution in [2.24, 2.45) is 9.98 Å². The van der Waals surface area contributed by atoms with Crippen molar-refractivity contribution in [3.8, 4) is 23.0 Å². The minimum atomic E-state index is -0.430. The second kappa shape index (κ2) is 23.0. The summed E-state index contributed by atoms with van der Waals surface area (Å²) in [7, 11) is 0. The molecule has 0 fully saturated rings. The summed E-state index contributed by atoms with van der Waals surface area (Å²) in [6.45, 7) is 5.76. The van der Waals surface area contributed by atoms with E-state index in [2.05, 4.69) is 23.8 Å². The van der Waals surface area contributed by atoms with Crippen LogP contribution in [-0.2, 0) is 0 Å². The van der Waals surface area contributed by atoms with Crippen LogP contribution >= 0.6 is 0 Å². The maximum atomic E-state index is 12.7. The average molecular weight is 753 g/mol. The normalized spacial score (nSPS) is 11.2. The largest absolute Gasteiger partial charge is 0.494 e. The third-order valence-corrected chi connectivity index (χ3v) is 8.97. The summed E-state index contributed by atoms with van der Waals surface area (Å²) in [4.78, 5) is 34.4. The smallest absolute Gasteiger partial charge is 0.343 e. The van der Waals surface area contributed by atoms with Gasteiger partial charge in [0.15, 0.2) is 0 Å². The van der Waals surface area contributed by atoms with Crippen LogP contribution in [0.5, 0.6) is 23.0 Å². The first kappa shape index (κ1) is 41.1. The van der Waals surface area contributed by atoms with E-state index < -0.39 is 11.9 Å². The molecule has 5 aromatic carbocycles. The standard InChI is InChI=1S/C48H52N2O6/c1-3-5-7-9-11-33-53-43-25-17-39(18-26-43)47(51)55-45-29-21-41(22-30-45)49-35-37-13-15-38(16-14-37)36-50-42-23-31-46(32-24-42)56-48(52)40-19-27-44(28-20-40)54-34-12-10-8-6-4-2/h13-32,35-36H,3-12,33-34H2,1-2H3. The molecule has 0 aliphatic carbocycles. The number of hydrogen-bond acceptors (Lipinski definition) is 8. The van der Waals surface area contributed by atoms with Crippen LogP contribution in [0.3, 0.4) is 0 Å². The van der Waals surface area contributed by atoms with Gasteiger partial charge in [0.25, 0.3) is 0 Å². The summed E-state index contributed by atoms with van der Waals surface area (Å²) in [6.07, 6.45) is 15.4. The molecule has 0 aliphatic heterocycles. The number of unbranched alkanes of at least 4 members (excludes halogenated alkanes) is 8. The monoisotopic (exact) mass is 752 g/mol. The molecule has 5 aromatic rings. The Balaban J connectivity index is 1.02. The molecular formula is C48H52N2O6. The Morgan fingerprint density at radius 3 is 1.12 bits per heavy atom. The maximum Gasteiger partial charge on any atom is 0.343 e. The molecule has 0 atom stereocenters. The molecule has 0 heterocycles. The molecule has 0 aromatic heterocycles. The molecule has 56 heavy (non-hydrogen) atoms. The lowest BCUT2D eigenvalue weighted by molar-refractivity contribution is 0.0725. The van der Waals surface area contributed by atoms with Crippen molar-refractivity contribution in [3.63, 3.8) is 0 Å². The van der Waals surface area contributed by atoms with Gasteiger partial charge in [-0.3, -0.25) is 9.98 Å². The Kier molecular flexibility index (Phi) is 16.9. The molecule has 0 bridgehead atoms. The molecule has 8 nitrogen and oxygen atoms in total. The lowest BCUT2D eigenvalue weighted by atomic mass is 10.1. The first-order valence-corrected chi connectivity index (χ1v) is 19.8. The van der Waals surface area contributed by atoms with Crippen molar-refractivity contribution in [3.05, 3.63) is 144 Å². The first-order chi connectivity index (χ1) is 27.5. The molecule has 290 valence electrons. The molecule has 0 saturated heterocycles. The number of esters is 2. The number of carbonyl (C=O) groups is 2. The molecule has 0 amide bonds. The molecule has 0 unspecified atom stereocenters. The summed E-state index contributed by atoms with van der Waals surface area (Å²) in [5, 5.41) is 0. The zero-order chi connectivity index (χ0) is 39.2. The van der Waals surface area contributed by atoms with Crippen LogP contribution in [0.15, 0.2) is 131 Å². The summed E-state index contributed by atoms with van der Waals surface area (Å²) in [5.74, 6) is 1.52. The Labute approximate surface area is 331 Å².